The number of nitrogens with one attached hydrogen (secondary N) is 2. The number of nitrogens with zero attached hydrogens (tertiary/aromatic N) is 2. The number of hydrogen-bond donors (Lipinski definition) is 2. The Morgan fingerprint density at radius 1 is 0.926 bits per heavy atom. The van der Waals surface area contributed by atoms with Gasteiger partial charge in [0.05, 0.1) is 7.11 Å². The quantitative estimate of drug-likeness (QED) is 0.517. The van der Waals surface area contributed by atoms with Crippen LogP contribution in [0.1, 0.15) is 11.3 Å². The molecule has 0 radical (unpaired) electrons. The van der Waals surface area contributed by atoms with Crippen molar-refractivity contribution in [3.05, 3.63) is 65.9 Å². The van der Waals surface area contributed by atoms with Gasteiger partial charge < -0.3 is 14.8 Å². The van der Waals surface area contributed by atoms with E-state index < -0.39 is 0 Å². The largest absolute Gasteiger partial charge is 0.497 e. The predicted molar refractivity (Wildman–Crippen MR) is 106 cm³/mol. The van der Waals surface area contributed by atoms with Crippen LogP contribution in [0.25, 0.3) is 10.8 Å². The summed E-state index contributed by atoms with van der Waals surface area (Å²) in [5.41, 5.74) is 2.09. The van der Waals surface area contributed by atoms with E-state index in [0.717, 1.165) is 33.5 Å². The van der Waals surface area contributed by atoms with Crippen LogP contribution in [0.5, 0.6) is 17.4 Å². The van der Waals surface area contributed by atoms with E-state index in [4.69, 9.17) is 9.47 Å². The van der Waals surface area contributed by atoms with E-state index in [1.165, 1.54) is 0 Å². The second-order valence-electron chi connectivity index (χ2n) is 6.38. The molecule has 0 spiro atoms. The second kappa shape index (κ2) is 6.99. The fourth-order valence-electron chi connectivity index (χ4n) is 2.88. The maximum atomic E-state index is 6.11. The van der Waals surface area contributed by atoms with Gasteiger partial charge in [-0.3, -0.25) is 5.10 Å². The summed E-state index contributed by atoms with van der Waals surface area (Å²) in [6.07, 6.45) is 0. The number of fused-ring (bicyclic) bond motifs is 1. The number of rotatable bonds is 5. The molecule has 0 fully saturated rings. The van der Waals surface area contributed by atoms with Crippen molar-refractivity contribution < 1.29 is 9.47 Å². The summed E-state index contributed by atoms with van der Waals surface area (Å²) < 4.78 is 11.5. The Balaban J connectivity index is 1.79. The zero-order valence-corrected chi connectivity index (χ0v) is 15.4. The SMILES string of the molecule is COc1ccc2c(Oc3cccc(C)c3)nc(Nc3cc(C)[nH]n3)cc2c1. The van der Waals surface area contributed by atoms with Crippen molar-refractivity contribution in [3.63, 3.8) is 0 Å². The van der Waals surface area contributed by atoms with Crippen LogP contribution in [0, 0.1) is 13.8 Å². The Kier molecular flexibility index (Phi) is 4.38. The van der Waals surface area contributed by atoms with Crippen molar-refractivity contribution in [1.82, 2.24) is 15.2 Å². The van der Waals surface area contributed by atoms with Gasteiger partial charge in [-0.15, -0.1) is 0 Å². The predicted octanol–water partition coefficient (Wildman–Crippen LogP) is 5.12. The van der Waals surface area contributed by atoms with Crippen LogP contribution < -0.4 is 14.8 Å². The summed E-state index contributed by atoms with van der Waals surface area (Å²) in [6, 6.07) is 17.6. The molecule has 2 aromatic carbocycles. The van der Waals surface area contributed by atoms with E-state index in [1.54, 1.807) is 7.11 Å². The highest BCUT2D eigenvalue weighted by Gasteiger charge is 2.11. The molecule has 4 rings (SSSR count). The molecule has 0 bridgehead atoms. The molecule has 136 valence electrons. The number of anilines is 2. The van der Waals surface area contributed by atoms with Gasteiger partial charge in [-0.05, 0) is 61.2 Å². The molecule has 6 heteroatoms. The zero-order valence-electron chi connectivity index (χ0n) is 15.4. The topological polar surface area (TPSA) is 72.1 Å². The van der Waals surface area contributed by atoms with Crippen molar-refractivity contribution in [2.75, 3.05) is 12.4 Å². The smallest absolute Gasteiger partial charge is 0.229 e. The number of aromatic nitrogens is 3. The molecule has 2 heterocycles. The Labute approximate surface area is 157 Å². The lowest BCUT2D eigenvalue weighted by Crippen LogP contribution is -1.98. The summed E-state index contributed by atoms with van der Waals surface area (Å²) >= 11 is 0. The van der Waals surface area contributed by atoms with Gasteiger partial charge in [0.2, 0.25) is 5.88 Å². The van der Waals surface area contributed by atoms with Crippen LogP contribution in [0.2, 0.25) is 0 Å². The minimum atomic E-state index is 0.524. The lowest BCUT2D eigenvalue weighted by molar-refractivity contribution is 0.415. The Morgan fingerprint density at radius 3 is 2.56 bits per heavy atom. The molecular weight excluding hydrogens is 340 g/mol. The molecule has 2 N–H and O–H groups in total. The van der Waals surface area contributed by atoms with Crippen LogP contribution in [-0.2, 0) is 0 Å². The number of H-pyrrole nitrogens is 1. The summed E-state index contributed by atoms with van der Waals surface area (Å²) in [4.78, 5) is 4.66. The lowest BCUT2D eigenvalue weighted by atomic mass is 10.1. The minimum absolute atomic E-state index is 0.524. The van der Waals surface area contributed by atoms with Gasteiger partial charge in [0, 0.05) is 17.1 Å². The number of hydrogen-bond acceptors (Lipinski definition) is 5. The summed E-state index contributed by atoms with van der Waals surface area (Å²) in [7, 11) is 1.65. The standard InChI is InChI=1S/C21H20N4O2/c1-13-5-4-6-17(9-13)27-21-18-8-7-16(26-3)11-15(18)12-19(23-21)22-20-10-14(2)24-25-20/h4-12H,1-3H3,(H2,22,23,24,25). The van der Waals surface area contributed by atoms with Crippen molar-refractivity contribution in [2.24, 2.45) is 0 Å². The summed E-state index contributed by atoms with van der Waals surface area (Å²) in [6.45, 7) is 3.98. The molecule has 2 aromatic heterocycles. The molecule has 0 atom stereocenters. The van der Waals surface area contributed by atoms with Crippen LogP contribution in [0.3, 0.4) is 0 Å². The van der Waals surface area contributed by atoms with Gasteiger partial charge in [-0.25, -0.2) is 0 Å². The van der Waals surface area contributed by atoms with E-state index in [2.05, 4.69) is 20.5 Å². The lowest BCUT2D eigenvalue weighted by Gasteiger charge is -2.12. The van der Waals surface area contributed by atoms with Crippen molar-refractivity contribution in [3.8, 4) is 17.4 Å². The second-order valence-corrected chi connectivity index (χ2v) is 6.38. The van der Waals surface area contributed by atoms with E-state index in [1.807, 2.05) is 68.4 Å². The van der Waals surface area contributed by atoms with Crippen LogP contribution >= 0.6 is 0 Å². The molecule has 0 aliphatic rings. The molecule has 0 amide bonds. The first-order valence-electron chi connectivity index (χ1n) is 8.63. The van der Waals surface area contributed by atoms with Crippen LogP contribution in [0.15, 0.2) is 54.6 Å². The number of aromatic amines is 1. The van der Waals surface area contributed by atoms with Gasteiger partial charge in [-0.2, -0.15) is 10.1 Å². The van der Waals surface area contributed by atoms with Crippen molar-refractivity contribution >= 4 is 22.4 Å². The monoisotopic (exact) mass is 360 g/mol. The van der Waals surface area contributed by atoms with E-state index >= 15 is 0 Å². The summed E-state index contributed by atoms with van der Waals surface area (Å²) in [5.74, 6) is 3.38. The zero-order chi connectivity index (χ0) is 18.8. The van der Waals surface area contributed by atoms with Gasteiger partial charge in [0.15, 0.2) is 5.82 Å². The molecule has 0 aliphatic carbocycles. The average Bonchev–Trinajstić information content (AvgIpc) is 3.06. The van der Waals surface area contributed by atoms with E-state index in [9.17, 15) is 0 Å². The van der Waals surface area contributed by atoms with Crippen LogP contribution in [0.4, 0.5) is 11.6 Å². The Hall–Kier alpha value is -3.54. The fraction of sp³-hybridized carbons (Fsp3) is 0.143. The highest BCUT2D eigenvalue weighted by molar-refractivity contribution is 5.90. The number of benzene rings is 2. The third kappa shape index (κ3) is 3.69. The molecule has 4 aromatic rings. The number of pyridine rings is 1. The first-order chi connectivity index (χ1) is 13.1. The third-order valence-electron chi connectivity index (χ3n) is 4.17. The van der Waals surface area contributed by atoms with Gasteiger partial charge in [0.1, 0.15) is 17.3 Å². The first kappa shape index (κ1) is 16.9. The molecule has 27 heavy (non-hydrogen) atoms. The molecule has 0 aliphatic heterocycles. The van der Waals surface area contributed by atoms with Gasteiger partial charge >= 0.3 is 0 Å². The van der Waals surface area contributed by atoms with Crippen molar-refractivity contribution in [2.45, 2.75) is 13.8 Å². The van der Waals surface area contributed by atoms with Crippen molar-refractivity contribution in [1.29, 1.82) is 0 Å². The number of methoxy groups -OCH3 is 1. The molecule has 0 saturated heterocycles. The van der Waals surface area contributed by atoms with Gasteiger partial charge in [-0.1, -0.05) is 12.1 Å². The summed E-state index contributed by atoms with van der Waals surface area (Å²) in [5, 5.41) is 12.2. The Bertz CT molecular complexity index is 1100. The first-order valence-corrected chi connectivity index (χ1v) is 8.63. The highest BCUT2D eigenvalue weighted by atomic mass is 16.5. The minimum Gasteiger partial charge on any atom is -0.497 e. The third-order valence-corrected chi connectivity index (χ3v) is 4.17. The van der Waals surface area contributed by atoms with E-state index in [0.29, 0.717) is 17.5 Å². The number of aryl methyl sites for hydroxylation is 2. The highest BCUT2D eigenvalue weighted by Crippen LogP contribution is 2.33. The molecule has 0 unspecified atom stereocenters. The fourth-order valence-corrected chi connectivity index (χ4v) is 2.88. The molecular formula is C21H20N4O2. The normalized spacial score (nSPS) is 10.8. The molecule has 6 nitrogen and oxygen atoms in total. The van der Waals surface area contributed by atoms with Gasteiger partial charge in [0.25, 0.3) is 0 Å². The maximum Gasteiger partial charge on any atom is 0.229 e. The maximum absolute atomic E-state index is 6.11. The molecule has 0 saturated carbocycles. The van der Waals surface area contributed by atoms with Crippen LogP contribution in [-0.4, -0.2) is 22.3 Å². The average molecular weight is 360 g/mol. The Morgan fingerprint density at radius 2 is 1.81 bits per heavy atom. The number of ether oxygens (including phenoxy) is 2. The van der Waals surface area contributed by atoms with E-state index in [-0.39, 0.29) is 0 Å².